The lowest BCUT2D eigenvalue weighted by molar-refractivity contribution is 0.0586. The van der Waals surface area contributed by atoms with Crippen LogP contribution in [0.2, 0.25) is 0 Å². The number of hydrogen-bond acceptors (Lipinski definition) is 2. The molecule has 1 aliphatic rings. The van der Waals surface area contributed by atoms with Crippen LogP contribution in [0.3, 0.4) is 0 Å². The van der Waals surface area contributed by atoms with Crippen LogP contribution in [0.5, 0.6) is 0 Å². The van der Waals surface area contributed by atoms with Gasteiger partial charge in [-0.25, -0.2) is 0 Å². The van der Waals surface area contributed by atoms with Crippen LogP contribution >= 0.6 is 0 Å². The van der Waals surface area contributed by atoms with Gasteiger partial charge < -0.3 is 5.32 Å². The SMILES string of the molecule is CCCCCC(NCCC)C1(N(CC)CC)CCCC1. The molecule has 2 nitrogen and oxygen atoms in total. The Kier molecular flexibility index (Phi) is 8.79. The van der Waals surface area contributed by atoms with Gasteiger partial charge in [0, 0.05) is 11.6 Å². The van der Waals surface area contributed by atoms with Crippen molar-refractivity contribution < 1.29 is 0 Å². The third kappa shape index (κ3) is 4.46. The maximum Gasteiger partial charge on any atom is 0.0362 e. The molecule has 1 saturated carbocycles. The highest BCUT2D eigenvalue weighted by atomic mass is 15.2. The molecule has 0 bridgehead atoms. The highest BCUT2D eigenvalue weighted by Crippen LogP contribution is 2.39. The van der Waals surface area contributed by atoms with E-state index in [9.17, 15) is 0 Å². The fraction of sp³-hybridized carbons (Fsp3) is 1.00. The normalized spacial score (nSPS) is 19.6. The Balaban J connectivity index is 2.79. The van der Waals surface area contributed by atoms with Crippen molar-refractivity contribution in [2.24, 2.45) is 0 Å². The molecular weight excluding hydrogens is 244 g/mol. The predicted octanol–water partition coefficient (Wildman–Crippen LogP) is 4.59. The van der Waals surface area contributed by atoms with Crippen molar-refractivity contribution in [2.75, 3.05) is 19.6 Å². The largest absolute Gasteiger partial charge is 0.312 e. The number of hydrogen-bond donors (Lipinski definition) is 1. The maximum atomic E-state index is 3.92. The molecule has 0 aliphatic heterocycles. The fourth-order valence-electron chi connectivity index (χ4n) is 4.20. The van der Waals surface area contributed by atoms with Crippen molar-refractivity contribution in [3.8, 4) is 0 Å². The van der Waals surface area contributed by atoms with E-state index in [0.29, 0.717) is 11.6 Å². The Morgan fingerprint density at radius 2 is 1.60 bits per heavy atom. The van der Waals surface area contributed by atoms with Gasteiger partial charge in [0.15, 0.2) is 0 Å². The molecule has 0 aromatic heterocycles. The van der Waals surface area contributed by atoms with E-state index in [-0.39, 0.29) is 0 Å². The number of unbranched alkanes of at least 4 members (excludes halogenated alkanes) is 2. The minimum absolute atomic E-state index is 0.451. The summed E-state index contributed by atoms with van der Waals surface area (Å²) < 4.78 is 0. The van der Waals surface area contributed by atoms with Gasteiger partial charge in [-0.3, -0.25) is 4.90 Å². The van der Waals surface area contributed by atoms with Crippen molar-refractivity contribution in [2.45, 2.75) is 97.1 Å². The van der Waals surface area contributed by atoms with Gasteiger partial charge in [0.1, 0.15) is 0 Å². The summed E-state index contributed by atoms with van der Waals surface area (Å²) >= 11 is 0. The second kappa shape index (κ2) is 9.78. The van der Waals surface area contributed by atoms with Crippen LogP contribution in [0.15, 0.2) is 0 Å². The first-order valence-corrected chi connectivity index (χ1v) is 9.23. The topological polar surface area (TPSA) is 15.3 Å². The molecule has 0 radical (unpaired) electrons. The molecule has 1 rings (SSSR count). The van der Waals surface area contributed by atoms with Gasteiger partial charge in [-0.1, -0.05) is 59.8 Å². The van der Waals surface area contributed by atoms with Crippen LogP contribution in [0.25, 0.3) is 0 Å². The number of nitrogens with one attached hydrogen (secondary N) is 1. The van der Waals surface area contributed by atoms with Gasteiger partial charge in [-0.05, 0) is 45.3 Å². The lowest BCUT2D eigenvalue weighted by Crippen LogP contribution is -2.60. The Morgan fingerprint density at radius 1 is 0.950 bits per heavy atom. The molecule has 20 heavy (non-hydrogen) atoms. The number of nitrogens with zero attached hydrogens (tertiary/aromatic N) is 1. The maximum absolute atomic E-state index is 3.92. The van der Waals surface area contributed by atoms with E-state index in [0.717, 1.165) is 0 Å². The highest BCUT2D eigenvalue weighted by molar-refractivity contribution is 5.03. The van der Waals surface area contributed by atoms with Crippen molar-refractivity contribution in [3.05, 3.63) is 0 Å². The Labute approximate surface area is 127 Å². The minimum Gasteiger partial charge on any atom is -0.312 e. The van der Waals surface area contributed by atoms with Crippen molar-refractivity contribution in [1.29, 1.82) is 0 Å². The molecule has 1 fully saturated rings. The van der Waals surface area contributed by atoms with E-state index in [1.807, 2.05) is 0 Å². The average Bonchev–Trinajstić information content (AvgIpc) is 2.94. The molecule has 0 spiro atoms. The standard InChI is InChI=1S/C18H38N2/c1-5-9-10-13-17(19-16-6-2)18(14-11-12-15-18)20(7-3)8-4/h17,19H,5-16H2,1-4H3. The molecule has 1 N–H and O–H groups in total. The van der Waals surface area contributed by atoms with Gasteiger partial charge in [-0.15, -0.1) is 0 Å². The summed E-state index contributed by atoms with van der Waals surface area (Å²) in [7, 11) is 0. The number of rotatable bonds is 11. The average molecular weight is 283 g/mol. The molecule has 0 saturated heterocycles. The third-order valence-electron chi connectivity index (χ3n) is 5.25. The molecule has 0 aromatic rings. The first-order chi connectivity index (χ1) is 9.75. The minimum atomic E-state index is 0.451. The molecule has 0 aromatic carbocycles. The van der Waals surface area contributed by atoms with E-state index < -0.39 is 0 Å². The van der Waals surface area contributed by atoms with Crippen LogP contribution in [-0.2, 0) is 0 Å². The molecule has 1 unspecified atom stereocenters. The summed E-state index contributed by atoms with van der Waals surface area (Å²) in [5.74, 6) is 0. The molecule has 0 amide bonds. The van der Waals surface area contributed by atoms with Crippen molar-refractivity contribution in [1.82, 2.24) is 10.2 Å². The first kappa shape index (κ1) is 18.0. The fourth-order valence-corrected chi connectivity index (χ4v) is 4.20. The Bertz CT molecular complexity index is 230. The molecule has 1 atom stereocenters. The summed E-state index contributed by atoms with van der Waals surface area (Å²) in [6.07, 6.45) is 12.4. The molecular formula is C18H38N2. The third-order valence-corrected chi connectivity index (χ3v) is 5.25. The summed E-state index contributed by atoms with van der Waals surface area (Å²) in [6, 6.07) is 0.705. The monoisotopic (exact) mass is 282 g/mol. The zero-order valence-corrected chi connectivity index (χ0v) is 14.5. The van der Waals surface area contributed by atoms with Gasteiger partial charge in [-0.2, -0.15) is 0 Å². The van der Waals surface area contributed by atoms with E-state index in [1.54, 1.807) is 0 Å². The lowest BCUT2D eigenvalue weighted by Gasteiger charge is -2.47. The number of likely N-dealkylation sites (N-methyl/N-ethyl adjacent to an activating group) is 1. The van der Waals surface area contributed by atoms with E-state index in [1.165, 1.54) is 77.4 Å². The second-order valence-corrected chi connectivity index (χ2v) is 6.49. The Morgan fingerprint density at radius 3 is 2.10 bits per heavy atom. The first-order valence-electron chi connectivity index (χ1n) is 9.23. The summed E-state index contributed by atoms with van der Waals surface area (Å²) in [5, 5.41) is 3.92. The van der Waals surface area contributed by atoms with Crippen molar-refractivity contribution in [3.63, 3.8) is 0 Å². The Hall–Kier alpha value is -0.0800. The quantitative estimate of drug-likeness (QED) is 0.558. The molecule has 120 valence electrons. The predicted molar refractivity (Wildman–Crippen MR) is 90.3 cm³/mol. The highest BCUT2D eigenvalue weighted by Gasteiger charge is 2.44. The van der Waals surface area contributed by atoms with Crippen LogP contribution in [0.1, 0.15) is 85.5 Å². The van der Waals surface area contributed by atoms with Gasteiger partial charge >= 0.3 is 0 Å². The second-order valence-electron chi connectivity index (χ2n) is 6.49. The smallest absolute Gasteiger partial charge is 0.0362 e. The van der Waals surface area contributed by atoms with Crippen LogP contribution in [0.4, 0.5) is 0 Å². The van der Waals surface area contributed by atoms with Crippen LogP contribution < -0.4 is 5.32 Å². The summed E-state index contributed by atoms with van der Waals surface area (Å²) in [6.45, 7) is 12.9. The van der Waals surface area contributed by atoms with E-state index in [2.05, 4.69) is 37.9 Å². The van der Waals surface area contributed by atoms with Gasteiger partial charge in [0.2, 0.25) is 0 Å². The molecule has 0 heterocycles. The van der Waals surface area contributed by atoms with Crippen LogP contribution in [0, 0.1) is 0 Å². The zero-order chi connectivity index (χ0) is 14.8. The van der Waals surface area contributed by atoms with Crippen molar-refractivity contribution >= 4 is 0 Å². The van der Waals surface area contributed by atoms with Gasteiger partial charge in [0.25, 0.3) is 0 Å². The van der Waals surface area contributed by atoms with E-state index >= 15 is 0 Å². The molecule has 1 aliphatic carbocycles. The summed E-state index contributed by atoms with van der Waals surface area (Å²) in [5.41, 5.74) is 0.451. The van der Waals surface area contributed by atoms with E-state index in [4.69, 9.17) is 0 Å². The summed E-state index contributed by atoms with van der Waals surface area (Å²) in [4.78, 5) is 2.76. The van der Waals surface area contributed by atoms with Gasteiger partial charge in [0.05, 0.1) is 0 Å². The lowest BCUT2D eigenvalue weighted by atomic mass is 9.82. The van der Waals surface area contributed by atoms with Crippen LogP contribution in [-0.4, -0.2) is 36.1 Å². The molecule has 2 heteroatoms. The zero-order valence-electron chi connectivity index (χ0n) is 14.5.